The molecule has 0 saturated carbocycles. The molecule has 0 spiro atoms. The third-order valence-electron chi connectivity index (χ3n) is 8.35. The lowest BCUT2D eigenvalue weighted by molar-refractivity contribution is 0.0617. The maximum absolute atomic E-state index is 13.9. The molecule has 1 fully saturated rings. The first-order valence-electron chi connectivity index (χ1n) is 16.4. The zero-order valence-electron chi connectivity index (χ0n) is 27.4. The van der Waals surface area contributed by atoms with E-state index >= 15 is 0 Å². The van der Waals surface area contributed by atoms with Crippen LogP contribution in [-0.4, -0.2) is 58.4 Å². The summed E-state index contributed by atoms with van der Waals surface area (Å²) < 4.78 is 11.8. The molecule has 1 aliphatic rings. The quantitative estimate of drug-likeness (QED) is 0.149. The maximum Gasteiger partial charge on any atom is 0.425 e. The highest BCUT2D eigenvalue weighted by Gasteiger charge is 2.25. The molecule has 9 nitrogen and oxygen atoms in total. The molecule has 0 radical (unpaired) electrons. The Hall–Kier alpha value is -5.25. The van der Waals surface area contributed by atoms with Crippen LogP contribution in [0.2, 0.25) is 0 Å². The molecule has 5 aromatic rings. The number of carbonyl (C=O) groups excluding carboxylic acids is 1. The number of aliphatic hydroxyl groups excluding tert-OH is 1. The molecule has 48 heavy (non-hydrogen) atoms. The van der Waals surface area contributed by atoms with Gasteiger partial charge in [0, 0.05) is 24.5 Å². The van der Waals surface area contributed by atoms with Crippen LogP contribution in [0.25, 0.3) is 11.1 Å². The second-order valence-corrected chi connectivity index (χ2v) is 12.0. The zero-order valence-corrected chi connectivity index (χ0v) is 27.4. The number of nitrogens with one attached hydrogen (secondary N) is 1. The van der Waals surface area contributed by atoms with Crippen molar-refractivity contribution in [3.63, 3.8) is 0 Å². The normalized spacial score (nSPS) is 13.8. The van der Waals surface area contributed by atoms with Crippen LogP contribution in [0, 0.1) is 13.8 Å². The molecule has 1 unspecified atom stereocenters. The van der Waals surface area contributed by atoms with Crippen molar-refractivity contribution >= 4 is 29.2 Å². The molecule has 4 aromatic carbocycles. The maximum atomic E-state index is 13.9. The Kier molecular flexibility index (Phi) is 10.6. The lowest BCUT2D eigenvalue weighted by Crippen LogP contribution is -2.38. The first kappa shape index (κ1) is 32.7. The summed E-state index contributed by atoms with van der Waals surface area (Å²) in [5, 5.41) is 13.7. The molecule has 2 N–H and O–H groups in total. The lowest BCUT2D eigenvalue weighted by atomic mass is 10.1. The van der Waals surface area contributed by atoms with Crippen molar-refractivity contribution in [3.05, 3.63) is 120 Å². The molecular weight excluding hydrogens is 602 g/mol. The van der Waals surface area contributed by atoms with E-state index in [-0.39, 0.29) is 6.61 Å². The number of carbonyl (C=O) groups is 1. The van der Waals surface area contributed by atoms with E-state index < -0.39 is 12.2 Å². The largest absolute Gasteiger partial charge is 0.491 e. The third kappa shape index (κ3) is 8.36. The van der Waals surface area contributed by atoms with Gasteiger partial charge in [-0.3, -0.25) is 0 Å². The third-order valence-corrected chi connectivity index (χ3v) is 8.35. The Morgan fingerprint density at radius 1 is 0.833 bits per heavy atom. The number of aliphatic hydroxyl groups is 1. The molecule has 2 heterocycles. The predicted molar refractivity (Wildman–Crippen MR) is 190 cm³/mol. The number of nitrogens with zero attached hydrogens (tertiary/aromatic N) is 4. The highest BCUT2D eigenvalue weighted by molar-refractivity contribution is 5.98. The van der Waals surface area contributed by atoms with Crippen LogP contribution in [0.3, 0.4) is 0 Å². The number of ether oxygens (including phenoxy) is 2. The van der Waals surface area contributed by atoms with Gasteiger partial charge >= 0.3 is 6.09 Å². The van der Waals surface area contributed by atoms with Crippen molar-refractivity contribution in [3.8, 4) is 22.6 Å². The van der Waals surface area contributed by atoms with Crippen LogP contribution in [0.15, 0.2) is 109 Å². The minimum atomic E-state index is -0.589. The summed E-state index contributed by atoms with van der Waals surface area (Å²) in [7, 11) is 0. The molecule has 6 rings (SSSR count). The second-order valence-electron chi connectivity index (χ2n) is 12.0. The van der Waals surface area contributed by atoms with Gasteiger partial charge in [0.2, 0.25) is 5.95 Å². The molecule has 246 valence electrons. The number of hydrogen-bond donors (Lipinski definition) is 2. The van der Waals surface area contributed by atoms with Crippen LogP contribution in [0.1, 0.15) is 30.4 Å². The highest BCUT2D eigenvalue weighted by Crippen LogP contribution is 2.33. The first-order valence-corrected chi connectivity index (χ1v) is 16.4. The van der Waals surface area contributed by atoms with Crippen LogP contribution in [0.4, 0.5) is 27.9 Å². The van der Waals surface area contributed by atoms with Gasteiger partial charge in [-0.05, 0) is 98.4 Å². The van der Waals surface area contributed by atoms with Crippen LogP contribution >= 0.6 is 0 Å². The number of aryl methyl sites for hydroxylation is 2. The molecule has 1 aliphatic heterocycles. The fourth-order valence-corrected chi connectivity index (χ4v) is 5.93. The van der Waals surface area contributed by atoms with Crippen LogP contribution in [-0.2, 0) is 0 Å². The topological polar surface area (TPSA) is 100 Å². The van der Waals surface area contributed by atoms with E-state index in [1.807, 2.05) is 98.8 Å². The molecule has 1 atom stereocenters. The van der Waals surface area contributed by atoms with Crippen molar-refractivity contribution < 1.29 is 19.4 Å². The Balaban J connectivity index is 1.15. The van der Waals surface area contributed by atoms with E-state index in [1.54, 1.807) is 24.4 Å². The van der Waals surface area contributed by atoms with E-state index in [0.29, 0.717) is 35.5 Å². The molecule has 1 aromatic heterocycles. The van der Waals surface area contributed by atoms with E-state index in [4.69, 9.17) is 14.5 Å². The number of rotatable bonds is 11. The Bertz CT molecular complexity index is 1770. The van der Waals surface area contributed by atoms with Gasteiger partial charge in [-0.15, -0.1) is 0 Å². The van der Waals surface area contributed by atoms with Crippen LogP contribution in [0.5, 0.6) is 11.5 Å². The fourth-order valence-electron chi connectivity index (χ4n) is 5.93. The fraction of sp³-hybridized carbons (Fsp3) is 0.256. The average Bonchev–Trinajstić information content (AvgIpc) is 3.11. The monoisotopic (exact) mass is 643 g/mol. The average molecular weight is 644 g/mol. The van der Waals surface area contributed by atoms with Crippen molar-refractivity contribution in [2.75, 3.05) is 36.5 Å². The number of piperidine rings is 1. The van der Waals surface area contributed by atoms with Gasteiger partial charge in [0.05, 0.1) is 5.69 Å². The van der Waals surface area contributed by atoms with E-state index in [1.165, 1.54) is 24.2 Å². The Morgan fingerprint density at radius 3 is 2.21 bits per heavy atom. The van der Waals surface area contributed by atoms with Crippen molar-refractivity contribution in [2.24, 2.45) is 0 Å². The number of hydrogen-bond acceptors (Lipinski definition) is 8. The summed E-state index contributed by atoms with van der Waals surface area (Å²) in [6.45, 7) is 6.83. The van der Waals surface area contributed by atoms with Crippen LogP contribution < -0.4 is 19.7 Å². The lowest BCUT2D eigenvalue weighted by Gasteiger charge is -2.28. The summed E-state index contributed by atoms with van der Waals surface area (Å²) in [5.41, 5.74) is 5.34. The van der Waals surface area contributed by atoms with Crippen molar-refractivity contribution in [1.29, 1.82) is 0 Å². The molecule has 1 amide bonds. The minimum Gasteiger partial charge on any atom is -0.491 e. The zero-order chi connectivity index (χ0) is 33.3. The summed E-state index contributed by atoms with van der Waals surface area (Å²) in [4.78, 5) is 26.8. The van der Waals surface area contributed by atoms with Gasteiger partial charge in [-0.1, -0.05) is 67.1 Å². The van der Waals surface area contributed by atoms with Crippen molar-refractivity contribution in [2.45, 2.75) is 39.2 Å². The molecule has 1 saturated heterocycles. The van der Waals surface area contributed by atoms with E-state index in [0.717, 1.165) is 41.0 Å². The molecule has 9 heteroatoms. The first-order chi connectivity index (χ1) is 23.4. The number of aromatic nitrogens is 2. The summed E-state index contributed by atoms with van der Waals surface area (Å²) in [6.07, 6.45) is 4.11. The van der Waals surface area contributed by atoms with Gasteiger partial charge in [0.15, 0.2) is 0 Å². The number of amides is 1. The summed E-state index contributed by atoms with van der Waals surface area (Å²) in [5.74, 6) is 1.76. The molecule has 0 aliphatic carbocycles. The predicted octanol–water partition coefficient (Wildman–Crippen LogP) is 8.07. The minimum absolute atomic E-state index is 0.232. The van der Waals surface area contributed by atoms with Gasteiger partial charge < -0.3 is 24.8 Å². The smallest absolute Gasteiger partial charge is 0.425 e. The van der Waals surface area contributed by atoms with Gasteiger partial charge in [-0.25, -0.2) is 14.7 Å². The Labute approximate surface area is 281 Å². The van der Waals surface area contributed by atoms with Gasteiger partial charge in [-0.2, -0.15) is 4.98 Å². The standard InChI is InChI=1S/C39H41N5O4/c1-28-10-9-11-29(2)37(28)44(39(46)48-35-18-14-31(15-19-35)30-12-5-3-6-13-30)36-22-23-40-38(42-36)41-32-16-20-34(21-17-32)47-27-33(45)26-43-24-7-4-8-25-43/h3,5-6,9-23,33,45H,4,7-8,24-27H2,1-2H3,(H,40,41,42). The number of β-amino-alcohol motifs (C(OH)–C–C–N with tert-alkyl or cyclic N) is 1. The van der Waals surface area contributed by atoms with Gasteiger partial charge in [0.1, 0.15) is 30.0 Å². The number of benzene rings is 4. The number of likely N-dealkylation sites (tertiary alicyclic amines) is 1. The van der Waals surface area contributed by atoms with Crippen molar-refractivity contribution in [1.82, 2.24) is 14.9 Å². The van der Waals surface area contributed by atoms with Gasteiger partial charge in [0.25, 0.3) is 0 Å². The Morgan fingerprint density at radius 2 is 1.50 bits per heavy atom. The molecule has 0 bridgehead atoms. The van der Waals surface area contributed by atoms with E-state index in [9.17, 15) is 9.90 Å². The number of anilines is 4. The second kappa shape index (κ2) is 15.6. The summed E-state index contributed by atoms with van der Waals surface area (Å²) >= 11 is 0. The van der Waals surface area contributed by atoms with E-state index in [2.05, 4.69) is 15.2 Å². The number of para-hydroxylation sites is 1. The SMILES string of the molecule is Cc1cccc(C)c1N(C(=O)Oc1ccc(-c2ccccc2)cc1)c1ccnc(Nc2ccc(OCC(O)CN3CCCCC3)cc2)n1. The highest BCUT2D eigenvalue weighted by atomic mass is 16.6. The molecular formula is C39H41N5O4. The summed E-state index contributed by atoms with van der Waals surface area (Å²) in [6, 6.07) is 32.4.